The van der Waals surface area contributed by atoms with Crippen molar-refractivity contribution in [2.75, 3.05) is 5.32 Å². The Bertz CT molecular complexity index is 1040. The summed E-state index contributed by atoms with van der Waals surface area (Å²) in [5, 5.41) is 21.0. The molecule has 0 aromatic heterocycles. The van der Waals surface area contributed by atoms with Gasteiger partial charge in [0.25, 0.3) is 5.91 Å². The molecule has 0 aliphatic heterocycles. The number of carbonyl (C=O) groups excluding carboxylic acids is 1. The molecule has 0 aliphatic carbocycles. The smallest absolute Gasteiger partial charge is 0.336 e. The Hall–Kier alpha value is -3.93. The van der Waals surface area contributed by atoms with E-state index in [0.29, 0.717) is 27.9 Å². The van der Waals surface area contributed by atoms with Crippen LogP contribution in [0, 0.1) is 0 Å². The number of aliphatic carboxylic acids is 1. The molecule has 6 heteroatoms. The molecule has 3 N–H and O–H groups in total. The number of carboxylic acids is 2. The van der Waals surface area contributed by atoms with Gasteiger partial charge in [0.2, 0.25) is 0 Å². The summed E-state index contributed by atoms with van der Waals surface area (Å²) in [5.74, 6) is -2.38. The number of nitrogens with one attached hydrogen (secondary N) is 1. The topological polar surface area (TPSA) is 104 Å². The number of rotatable bonds is 6. The summed E-state index contributed by atoms with van der Waals surface area (Å²) >= 11 is 0. The number of anilines is 1. The molecule has 0 aliphatic rings. The number of amides is 1. The van der Waals surface area contributed by atoms with Crippen molar-refractivity contribution < 1.29 is 24.6 Å². The van der Waals surface area contributed by atoms with Crippen molar-refractivity contribution in [1.82, 2.24) is 0 Å². The van der Waals surface area contributed by atoms with Gasteiger partial charge in [-0.15, -0.1) is 0 Å². The van der Waals surface area contributed by atoms with Gasteiger partial charge in [0.15, 0.2) is 0 Å². The van der Waals surface area contributed by atoms with Crippen LogP contribution in [0.2, 0.25) is 0 Å². The lowest BCUT2D eigenvalue weighted by Crippen LogP contribution is -2.14. The number of carboxylic acid groups (broad SMARTS) is 2. The summed E-state index contributed by atoms with van der Waals surface area (Å²) in [6, 6.07) is 19.8. The molecule has 0 saturated carbocycles. The predicted octanol–water partition coefficient (Wildman–Crippen LogP) is 3.93. The van der Waals surface area contributed by atoms with Crippen LogP contribution in [0.1, 0.15) is 26.3 Å². The Balaban J connectivity index is 1.90. The van der Waals surface area contributed by atoms with Gasteiger partial charge in [0.1, 0.15) is 0 Å². The maximum absolute atomic E-state index is 12.8. The SMILES string of the molecule is O=C(O)Cc1ccc(NC(=O)c2ccccc2-c2ccccc2C(=O)O)cc1. The highest BCUT2D eigenvalue weighted by Gasteiger charge is 2.17. The molecule has 3 rings (SSSR count). The predicted molar refractivity (Wildman–Crippen MR) is 105 cm³/mol. The molecule has 0 bridgehead atoms. The first kappa shape index (κ1) is 18.8. The number of hydrogen-bond donors (Lipinski definition) is 3. The van der Waals surface area contributed by atoms with Crippen LogP contribution in [0.4, 0.5) is 5.69 Å². The first-order chi connectivity index (χ1) is 13.5. The van der Waals surface area contributed by atoms with Crippen molar-refractivity contribution in [3.63, 3.8) is 0 Å². The number of carbonyl (C=O) groups is 3. The molecule has 28 heavy (non-hydrogen) atoms. The lowest BCUT2D eigenvalue weighted by atomic mass is 9.95. The van der Waals surface area contributed by atoms with Crippen LogP contribution in [0.15, 0.2) is 72.8 Å². The molecule has 0 heterocycles. The highest BCUT2D eigenvalue weighted by molar-refractivity contribution is 6.10. The first-order valence-corrected chi connectivity index (χ1v) is 8.49. The van der Waals surface area contributed by atoms with E-state index in [1.807, 2.05) is 0 Å². The molecular formula is C22H17NO5. The van der Waals surface area contributed by atoms with Crippen LogP contribution < -0.4 is 5.32 Å². The van der Waals surface area contributed by atoms with Gasteiger partial charge in [0, 0.05) is 11.3 Å². The second-order valence-corrected chi connectivity index (χ2v) is 6.12. The average Bonchev–Trinajstić information content (AvgIpc) is 2.69. The zero-order valence-corrected chi connectivity index (χ0v) is 14.8. The zero-order chi connectivity index (χ0) is 20.1. The monoisotopic (exact) mass is 375 g/mol. The maximum Gasteiger partial charge on any atom is 0.336 e. The Morgan fingerprint density at radius 2 is 1.25 bits per heavy atom. The lowest BCUT2D eigenvalue weighted by molar-refractivity contribution is -0.136. The number of benzene rings is 3. The second kappa shape index (κ2) is 8.18. The van der Waals surface area contributed by atoms with Crippen molar-refractivity contribution in [2.24, 2.45) is 0 Å². The van der Waals surface area contributed by atoms with Crippen molar-refractivity contribution in [3.05, 3.63) is 89.5 Å². The van der Waals surface area contributed by atoms with E-state index in [4.69, 9.17) is 5.11 Å². The van der Waals surface area contributed by atoms with Gasteiger partial charge in [-0.2, -0.15) is 0 Å². The molecule has 1 amide bonds. The minimum absolute atomic E-state index is 0.0942. The quantitative estimate of drug-likeness (QED) is 0.606. The standard InChI is InChI=1S/C22H17NO5/c24-20(25)13-14-9-11-15(12-10-14)23-21(26)18-7-3-1-5-16(18)17-6-2-4-8-19(17)22(27)28/h1-12H,13H2,(H,23,26)(H,24,25)(H,27,28). The molecule has 0 unspecified atom stereocenters. The summed E-state index contributed by atoms with van der Waals surface area (Å²) < 4.78 is 0. The Labute approximate surface area is 161 Å². The van der Waals surface area contributed by atoms with Crippen LogP contribution in [0.3, 0.4) is 0 Å². The number of aromatic carboxylic acids is 1. The molecule has 6 nitrogen and oxygen atoms in total. The summed E-state index contributed by atoms with van der Waals surface area (Å²) in [6.07, 6.45) is -0.0942. The van der Waals surface area contributed by atoms with Gasteiger partial charge in [0.05, 0.1) is 12.0 Å². The fraction of sp³-hybridized carbons (Fsp3) is 0.0455. The van der Waals surface area contributed by atoms with Crippen LogP contribution in [-0.2, 0) is 11.2 Å². The molecule has 0 fully saturated rings. The molecule has 0 saturated heterocycles. The Morgan fingerprint density at radius 3 is 1.82 bits per heavy atom. The summed E-state index contributed by atoms with van der Waals surface area (Å²) in [7, 11) is 0. The lowest BCUT2D eigenvalue weighted by Gasteiger charge is -2.12. The summed E-state index contributed by atoms with van der Waals surface area (Å²) in [4.78, 5) is 35.1. The molecule has 0 spiro atoms. The van der Waals surface area contributed by atoms with E-state index in [9.17, 15) is 19.5 Å². The molecule has 3 aromatic rings. The van der Waals surface area contributed by atoms with Gasteiger partial charge in [-0.25, -0.2) is 4.79 Å². The molecule has 0 atom stereocenters. The fourth-order valence-electron chi connectivity index (χ4n) is 2.90. The van der Waals surface area contributed by atoms with Crippen molar-refractivity contribution in [1.29, 1.82) is 0 Å². The third-order valence-corrected chi connectivity index (χ3v) is 4.19. The van der Waals surface area contributed by atoms with Gasteiger partial charge in [-0.05, 0) is 41.0 Å². The van der Waals surface area contributed by atoms with E-state index >= 15 is 0 Å². The van der Waals surface area contributed by atoms with E-state index < -0.39 is 11.9 Å². The van der Waals surface area contributed by atoms with E-state index in [2.05, 4.69) is 5.32 Å². The largest absolute Gasteiger partial charge is 0.481 e. The van der Waals surface area contributed by atoms with E-state index in [-0.39, 0.29) is 17.9 Å². The normalized spacial score (nSPS) is 10.3. The van der Waals surface area contributed by atoms with Gasteiger partial charge in [-0.1, -0.05) is 48.5 Å². The highest BCUT2D eigenvalue weighted by atomic mass is 16.4. The van der Waals surface area contributed by atoms with Crippen molar-refractivity contribution in [3.8, 4) is 11.1 Å². The van der Waals surface area contributed by atoms with Crippen molar-refractivity contribution >= 4 is 23.5 Å². The summed E-state index contributed by atoms with van der Waals surface area (Å²) in [5.41, 5.74) is 2.56. The fourth-order valence-corrected chi connectivity index (χ4v) is 2.90. The average molecular weight is 375 g/mol. The molecule has 140 valence electrons. The van der Waals surface area contributed by atoms with E-state index in [1.165, 1.54) is 6.07 Å². The summed E-state index contributed by atoms with van der Waals surface area (Å²) in [6.45, 7) is 0. The molecular weight excluding hydrogens is 358 g/mol. The van der Waals surface area contributed by atoms with Crippen LogP contribution in [0.25, 0.3) is 11.1 Å². The Kier molecular flexibility index (Phi) is 5.50. The maximum atomic E-state index is 12.8. The number of hydrogen-bond acceptors (Lipinski definition) is 3. The molecule has 3 aromatic carbocycles. The minimum atomic E-state index is -1.07. The van der Waals surface area contributed by atoms with Crippen LogP contribution in [0.5, 0.6) is 0 Å². The zero-order valence-electron chi connectivity index (χ0n) is 14.8. The third kappa shape index (κ3) is 4.24. The van der Waals surface area contributed by atoms with E-state index in [0.717, 1.165) is 0 Å². The van der Waals surface area contributed by atoms with Gasteiger partial charge in [-0.3, -0.25) is 9.59 Å². The molecule has 0 radical (unpaired) electrons. The third-order valence-electron chi connectivity index (χ3n) is 4.19. The van der Waals surface area contributed by atoms with Crippen molar-refractivity contribution in [2.45, 2.75) is 6.42 Å². The first-order valence-electron chi connectivity index (χ1n) is 8.49. The Morgan fingerprint density at radius 1 is 0.714 bits per heavy atom. The van der Waals surface area contributed by atoms with Crippen LogP contribution in [-0.4, -0.2) is 28.1 Å². The van der Waals surface area contributed by atoms with Gasteiger partial charge < -0.3 is 15.5 Å². The highest BCUT2D eigenvalue weighted by Crippen LogP contribution is 2.28. The van der Waals surface area contributed by atoms with E-state index in [1.54, 1.807) is 66.7 Å². The minimum Gasteiger partial charge on any atom is -0.481 e. The van der Waals surface area contributed by atoms with Crippen LogP contribution >= 0.6 is 0 Å². The van der Waals surface area contributed by atoms with Gasteiger partial charge >= 0.3 is 11.9 Å². The second-order valence-electron chi connectivity index (χ2n) is 6.12.